The third-order valence-corrected chi connectivity index (χ3v) is 5.84. The molecule has 0 saturated heterocycles. The number of nitrogens with zero attached hydrogens (tertiary/aromatic N) is 4. The summed E-state index contributed by atoms with van der Waals surface area (Å²) >= 11 is 0. The molecule has 0 aliphatic rings. The van der Waals surface area contributed by atoms with Gasteiger partial charge in [-0.2, -0.15) is 0 Å². The van der Waals surface area contributed by atoms with Crippen molar-refractivity contribution in [3.63, 3.8) is 0 Å². The first kappa shape index (κ1) is 23.9. The van der Waals surface area contributed by atoms with E-state index in [1.807, 2.05) is 33.8 Å². The van der Waals surface area contributed by atoms with Crippen LogP contribution in [-0.4, -0.2) is 36.6 Å². The van der Waals surface area contributed by atoms with E-state index in [2.05, 4.69) is 15.7 Å². The van der Waals surface area contributed by atoms with Crippen LogP contribution < -0.4 is 21.9 Å². The Morgan fingerprint density at radius 3 is 2.40 bits per heavy atom. The number of hydrogen-bond donors (Lipinski definition) is 2. The van der Waals surface area contributed by atoms with Crippen LogP contribution in [0.2, 0.25) is 0 Å². The molecule has 0 spiro atoms. The van der Waals surface area contributed by atoms with Crippen molar-refractivity contribution in [2.75, 3.05) is 5.32 Å². The molecule has 0 saturated carbocycles. The molecule has 4 rings (SSSR count). The number of anilines is 1. The van der Waals surface area contributed by atoms with Crippen LogP contribution in [0.25, 0.3) is 16.7 Å². The summed E-state index contributed by atoms with van der Waals surface area (Å²) in [5.41, 5.74) is 0.265. The van der Waals surface area contributed by atoms with Gasteiger partial charge in [0.15, 0.2) is 0 Å². The summed E-state index contributed by atoms with van der Waals surface area (Å²) in [5.74, 6) is -0.627. The number of fused-ring (bicyclic) bond motifs is 3. The molecule has 10 heteroatoms. The molecule has 0 aliphatic heterocycles. The Morgan fingerprint density at radius 2 is 1.74 bits per heavy atom. The number of nitrogens with one attached hydrogen (secondary N) is 2. The molecule has 0 radical (unpaired) electrons. The van der Waals surface area contributed by atoms with E-state index in [4.69, 9.17) is 0 Å². The van der Waals surface area contributed by atoms with E-state index in [9.17, 15) is 19.2 Å². The number of benzene rings is 2. The van der Waals surface area contributed by atoms with E-state index < -0.39 is 11.6 Å². The van der Waals surface area contributed by atoms with E-state index >= 15 is 0 Å². The number of rotatable bonds is 7. The number of carbonyl (C=O) groups excluding carboxylic acids is 2. The second-order valence-corrected chi connectivity index (χ2v) is 8.77. The zero-order chi connectivity index (χ0) is 25.3. The first-order chi connectivity index (χ1) is 16.7. The SMILES string of the molecule is CCC(C)NC(=O)c1ccc2c(=O)n(C(C)C)c3nn(CC(=O)Nc4ccccc4)c(=O)n3c2c1. The fourth-order valence-electron chi connectivity index (χ4n) is 3.86. The summed E-state index contributed by atoms with van der Waals surface area (Å²) in [5, 5.41) is 10.2. The fraction of sp³-hybridized carbons (Fsp3) is 0.320. The molecular formula is C25H28N6O4. The molecule has 182 valence electrons. The number of aromatic nitrogens is 4. The van der Waals surface area contributed by atoms with Gasteiger partial charge in [0.25, 0.3) is 11.5 Å². The maximum Gasteiger partial charge on any atom is 0.352 e. The Labute approximate surface area is 201 Å². The molecule has 4 aromatic rings. The minimum Gasteiger partial charge on any atom is -0.350 e. The van der Waals surface area contributed by atoms with Crippen LogP contribution in [0.5, 0.6) is 0 Å². The van der Waals surface area contributed by atoms with Gasteiger partial charge in [-0.25, -0.2) is 13.9 Å². The van der Waals surface area contributed by atoms with E-state index in [0.717, 1.165) is 11.1 Å². The zero-order valence-corrected chi connectivity index (χ0v) is 20.1. The summed E-state index contributed by atoms with van der Waals surface area (Å²) in [7, 11) is 0. The van der Waals surface area contributed by atoms with Gasteiger partial charge in [-0.3, -0.25) is 19.0 Å². The summed E-state index contributed by atoms with van der Waals surface area (Å²) in [6.07, 6.45) is 0.764. The molecule has 2 aromatic heterocycles. The van der Waals surface area contributed by atoms with Gasteiger partial charge in [-0.1, -0.05) is 25.1 Å². The topological polar surface area (TPSA) is 120 Å². The zero-order valence-electron chi connectivity index (χ0n) is 20.1. The van der Waals surface area contributed by atoms with Crippen LogP contribution in [-0.2, 0) is 11.3 Å². The Hall–Kier alpha value is -4.21. The third kappa shape index (κ3) is 4.59. The summed E-state index contributed by atoms with van der Waals surface area (Å²) in [6, 6.07) is 13.2. The number of carbonyl (C=O) groups is 2. The highest BCUT2D eigenvalue weighted by molar-refractivity contribution is 5.98. The molecule has 10 nitrogen and oxygen atoms in total. The molecule has 0 bridgehead atoms. The van der Waals surface area contributed by atoms with Crippen LogP contribution in [0.3, 0.4) is 0 Å². The Kier molecular flexibility index (Phi) is 6.54. The van der Waals surface area contributed by atoms with Crippen molar-refractivity contribution in [3.05, 3.63) is 74.9 Å². The van der Waals surface area contributed by atoms with Crippen LogP contribution in [0, 0.1) is 0 Å². The summed E-state index contributed by atoms with van der Waals surface area (Å²) in [6.45, 7) is 7.15. The molecule has 0 aliphatic carbocycles. The monoisotopic (exact) mass is 476 g/mol. The van der Waals surface area contributed by atoms with Gasteiger partial charge in [-0.05, 0) is 57.5 Å². The first-order valence-corrected chi connectivity index (χ1v) is 11.5. The minimum absolute atomic E-state index is 0.0271. The van der Waals surface area contributed by atoms with Gasteiger partial charge in [0.05, 0.1) is 10.9 Å². The number of para-hydroxylation sites is 1. The average molecular weight is 477 g/mol. The fourth-order valence-corrected chi connectivity index (χ4v) is 3.86. The van der Waals surface area contributed by atoms with Crippen molar-refractivity contribution < 1.29 is 9.59 Å². The molecular weight excluding hydrogens is 448 g/mol. The van der Waals surface area contributed by atoms with Crippen LogP contribution in [0.4, 0.5) is 5.69 Å². The minimum atomic E-state index is -0.581. The highest BCUT2D eigenvalue weighted by Gasteiger charge is 2.21. The lowest BCUT2D eigenvalue weighted by atomic mass is 10.1. The maximum atomic E-state index is 13.4. The smallest absolute Gasteiger partial charge is 0.350 e. The predicted octanol–water partition coefficient (Wildman–Crippen LogP) is 2.56. The van der Waals surface area contributed by atoms with Gasteiger partial charge >= 0.3 is 5.69 Å². The molecule has 2 N–H and O–H groups in total. The highest BCUT2D eigenvalue weighted by Crippen LogP contribution is 2.17. The number of amides is 2. The maximum absolute atomic E-state index is 13.4. The Bertz CT molecular complexity index is 1530. The first-order valence-electron chi connectivity index (χ1n) is 11.5. The van der Waals surface area contributed by atoms with Crippen molar-refractivity contribution >= 4 is 34.2 Å². The summed E-state index contributed by atoms with van der Waals surface area (Å²) < 4.78 is 3.72. The molecule has 2 aromatic carbocycles. The van der Waals surface area contributed by atoms with Gasteiger partial charge in [0, 0.05) is 23.3 Å². The van der Waals surface area contributed by atoms with Crippen molar-refractivity contribution in [2.24, 2.45) is 0 Å². The predicted molar refractivity (Wildman–Crippen MR) is 134 cm³/mol. The Balaban J connectivity index is 1.85. The van der Waals surface area contributed by atoms with Crippen molar-refractivity contribution in [1.29, 1.82) is 0 Å². The van der Waals surface area contributed by atoms with E-state index in [-0.39, 0.29) is 46.8 Å². The molecule has 35 heavy (non-hydrogen) atoms. The molecule has 2 heterocycles. The van der Waals surface area contributed by atoms with Crippen molar-refractivity contribution in [3.8, 4) is 0 Å². The highest BCUT2D eigenvalue weighted by atomic mass is 16.2. The van der Waals surface area contributed by atoms with Gasteiger partial charge in [-0.15, -0.1) is 5.10 Å². The summed E-state index contributed by atoms with van der Waals surface area (Å²) in [4.78, 5) is 52.0. The van der Waals surface area contributed by atoms with Crippen LogP contribution in [0.1, 0.15) is 50.5 Å². The standard InChI is InChI=1S/C25H28N6O4/c1-5-16(4)26-22(33)17-11-12-19-20(13-17)31-24(30(15(2)3)23(19)34)28-29(25(31)35)14-21(32)27-18-9-7-6-8-10-18/h6-13,15-16H,5,14H2,1-4H3,(H,26,33)(H,27,32). The lowest BCUT2D eigenvalue weighted by Gasteiger charge is -2.14. The lowest BCUT2D eigenvalue weighted by molar-refractivity contribution is -0.117. The normalized spacial score (nSPS) is 12.3. The van der Waals surface area contributed by atoms with Crippen LogP contribution in [0.15, 0.2) is 58.1 Å². The second-order valence-electron chi connectivity index (χ2n) is 8.77. The third-order valence-electron chi connectivity index (χ3n) is 5.84. The van der Waals surface area contributed by atoms with E-state index in [1.165, 1.54) is 15.0 Å². The average Bonchev–Trinajstić information content (AvgIpc) is 3.14. The van der Waals surface area contributed by atoms with E-state index in [0.29, 0.717) is 11.3 Å². The largest absolute Gasteiger partial charge is 0.352 e. The second kappa shape index (κ2) is 9.57. The quantitative estimate of drug-likeness (QED) is 0.425. The van der Waals surface area contributed by atoms with Crippen molar-refractivity contribution in [2.45, 2.75) is 52.7 Å². The molecule has 1 atom stereocenters. The Morgan fingerprint density at radius 1 is 1.03 bits per heavy atom. The van der Waals surface area contributed by atoms with Crippen LogP contribution >= 0.6 is 0 Å². The molecule has 1 unspecified atom stereocenters. The van der Waals surface area contributed by atoms with Gasteiger partial charge in [0.2, 0.25) is 11.7 Å². The lowest BCUT2D eigenvalue weighted by Crippen LogP contribution is -2.32. The molecule has 2 amide bonds. The molecule has 0 fully saturated rings. The van der Waals surface area contributed by atoms with Gasteiger partial charge < -0.3 is 10.6 Å². The number of hydrogen-bond acceptors (Lipinski definition) is 5. The van der Waals surface area contributed by atoms with E-state index in [1.54, 1.807) is 36.4 Å². The van der Waals surface area contributed by atoms with Gasteiger partial charge in [0.1, 0.15) is 6.54 Å². The van der Waals surface area contributed by atoms with Crippen molar-refractivity contribution in [1.82, 2.24) is 24.1 Å².